The van der Waals surface area contributed by atoms with Gasteiger partial charge in [-0.1, -0.05) is 0 Å². The lowest BCUT2D eigenvalue weighted by Crippen LogP contribution is -2.56. The van der Waals surface area contributed by atoms with Gasteiger partial charge in [-0.05, 0) is 7.05 Å². The van der Waals surface area contributed by atoms with Gasteiger partial charge in [-0.3, -0.25) is 5.84 Å². The number of nitrogens with two attached hydrogens (primary N) is 1. The highest BCUT2D eigenvalue weighted by molar-refractivity contribution is 4.75. The van der Waals surface area contributed by atoms with Crippen LogP contribution in [0.1, 0.15) is 0 Å². The van der Waals surface area contributed by atoms with Crippen LogP contribution in [-0.4, -0.2) is 54.3 Å². The molecule has 1 aliphatic heterocycles. The zero-order valence-corrected chi connectivity index (χ0v) is 6.32. The van der Waals surface area contributed by atoms with Crippen molar-refractivity contribution in [3.05, 3.63) is 0 Å². The fraction of sp³-hybridized carbons (Fsp3) is 1.00. The summed E-state index contributed by atoms with van der Waals surface area (Å²) in [6.07, 6.45) is 0. The monoisotopic (exact) mass is 145 g/mol. The van der Waals surface area contributed by atoms with Crippen LogP contribution in [0.15, 0.2) is 0 Å². The summed E-state index contributed by atoms with van der Waals surface area (Å²) in [6.45, 7) is 2.86. The molecule has 60 valence electrons. The van der Waals surface area contributed by atoms with Gasteiger partial charge in [0.1, 0.15) is 0 Å². The summed E-state index contributed by atoms with van der Waals surface area (Å²) in [6, 6.07) is 0.124. The molecule has 1 unspecified atom stereocenters. The number of hydrogen-bond donors (Lipinski definition) is 2. The molecule has 1 fully saturated rings. The molecule has 1 rings (SSSR count). The standard InChI is InChI=1S/C6H15N3O/c1-8-2-3-9(7)6(4-8)5-10/h6,10H,2-5,7H2,1H3. The summed E-state index contributed by atoms with van der Waals surface area (Å²) in [7, 11) is 2.04. The highest BCUT2D eigenvalue weighted by Gasteiger charge is 2.21. The van der Waals surface area contributed by atoms with E-state index in [1.165, 1.54) is 0 Å². The van der Waals surface area contributed by atoms with Crippen LogP contribution in [0.2, 0.25) is 0 Å². The first-order valence-electron chi connectivity index (χ1n) is 3.55. The van der Waals surface area contributed by atoms with Crippen molar-refractivity contribution in [2.75, 3.05) is 33.3 Å². The maximum Gasteiger partial charge on any atom is 0.0613 e. The van der Waals surface area contributed by atoms with Crippen molar-refractivity contribution in [2.24, 2.45) is 5.84 Å². The molecule has 0 amide bonds. The molecule has 10 heavy (non-hydrogen) atoms. The fourth-order valence-corrected chi connectivity index (χ4v) is 1.19. The van der Waals surface area contributed by atoms with Gasteiger partial charge in [0.25, 0.3) is 0 Å². The van der Waals surface area contributed by atoms with Crippen molar-refractivity contribution >= 4 is 0 Å². The van der Waals surface area contributed by atoms with Crippen LogP contribution in [0.4, 0.5) is 0 Å². The zero-order valence-electron chi connectivity index (χ0n) is 6.32. The Morgan fingerprint density at radius 3 is 2.80 bits per heavy atom. The largest absolute Gasteiger partial charge is 0.395 e. The van der Waals surface area contributed by atoms with Crippen LogP contribution in [0.5, 0.6) is 0 Å². The molecule has 0 bridgehead atoms. The average molecular weight is 145 g/mol. The van der Waals surface area contributed by atoms with E-state index in [0.717, 1.165) is 19.6 Å². The fourth-order valence-electron chi connectivity index (χ4n) is 1.19. The average Bonchev–Trinajstić information content (AvgIpc) is 1.94. The van der Waals surface area contributed by atoms with Crippen molar-refractivity contribution in [3.8, 4) is 0 Å². The molecule has 0 saturated carbocycles. The van der Waals surface area contributed by atoms with Gasteiger partial charge in [0.15, 0.2) is 0 Å². The molecule has 4 heteroatoms. The third kappa shape index (κ3) is 1.67. The number of nitrogens with zero attached hydrogens (tertiary/aromatic N) is 2. The van der Waals surface area contributed by atoms with E-state index in [2.05, 4.69) is 4.90 Å². The smallest absolute Gasteiger partial charge is 0.0613 e. The van der Waals surface area contributed by atoms with E-state index in [-0.39, 0.29) is 12.6 Å². The van der Waals surface area contributed by atoms with Gasteiger partial charge in [-0.2, -0.15) is 0 Å². The van der Waals surface area contributed by atoms with Crippen molar-refractivity contribution in [2.45, 2.75) is 6.04 Å². The Bertz CT molecular complexity index is 109. The van der Waals surface area contributed by atoms with Crippen molar-refractivity contribution in [3.63, 3.8) is 0 Å². The Morgan fingerprint density at radius 1 is 1.60 bits per heavy atom. The van der Waals surface area contributed by atoms with Crippen LogP contribution in [0.25, 0.3) is 0 Å². The van der Waals surface area contributed by atoms with Crippen LogP contribution in [0, 0.1) is 0 Å². The van der Waals surface area contributed by atoms with Crippen molar-refractivity contribution < 1.29 is 5.11 Å². The first-order chi connectivity index (χ1) is 4.74. The van der Waals surface area contributed by atoms with E-state index >= 15 is 0 Å². The van der Waals surface area contributed by atoms with Crippen molar-refractivity contribution in [1.29, 1.82) is 0 Å². The molecule has 4 nitrogen and oxygen atoms in total. The Hall–Kier alpha value is -0.160. The third-order valence-corrected chi connectivity index (χ3v) is 1.94. The molecular weight excluding hydrogens is 130 g/mol. The molecule has 0 aromatic carbocycles. The highest BCUT2D eigenvalue weighted by Crippen LogP contribution is 2.01. The van der Waals surface area contributed by atoms with E-state index in [9.17, 15) is 0 Å². The number of piperazine rings is 1. The third-order valence-electron chi connectivity index (χ3n) is 1.94. The normalized spacial score (nSPS) is 30.9. The lowest BCUT2D eigenvalue weighted by atomic mass is 10.2. The lowest BCUT2D eigenvalue weighted by Gasteiger charge is -2.35. The molecule has 3 N–H and O–H groups in total. The second-order valence-electron chi connectivity index (χ2n) is 2.84. The van der Waals surface area contributed by atoms with Crippen LogP contribution in [-0.2, 0) is 0 Å². The quantitative estimate of drug-likeness (QED) is 0.439. The van der Waals surface area contributed by atoms with Crippen LogP contribution in [0.3, 0.4) is 0 Å². The van der Waals surface area contributed by atoms with Crippen LogP contribution < -0.4 is 5.84 Å². The van der Waals surface area contributed by atoms with Gasteiger partial charge < -0.3 is 10.0 Å². The number of rotatable bonds is 1. The molecule has 0 aliphatic carbocycles. The van der Waals surface area contributed by atoms with Gasteiger partial charge >= 0.3 is 0 Å². The number of likely N-dealkylation sites (N-methyl/N-ethyl adjacent to an activating group) is 1. The van der Waals surface area contributed by atoms with E-state index in [4.69, 9.17) is 10.9 Å². The first-order valence-corrected chi connectivity index (χ1v) is 3.55. The Kier molecular flexibility index (Phi) is 2.62. The summed E-state index contributed by atoms with van der Waals surface area (Å²) < 4.78 is 0. The minimum absolute atomic E-state index is 0.124. The van der Waals surface area contributed by atoms with Gasteiger partial charge in [0.2, 0.25) is 0 Å². The molecule has 0 radical (unpaired) electrons. The van der Waals surface area contributed by atoms with E-state index < -0.39 is 0 Å². The van der Waals surface area contributed by atoms with E-state index in [1.807, 2.05) is 7.05 Å². The molecule has 0 aromatic rings. The second-order valence-corrected chi connectivity index (χ2v) is 2.84. The Labute approximate surface area is 61.2 Å². The molecule has 1 atom stereocenters. The maximum absolute atomic E-state index is 8.83. The maximum atomic E-state index is 8.83. The lowest BCUT2D eigenvalue weighted by molar-refractivity contribution is 0.0513. The SMILES string of the molecule is CN1CCN(N)C(CO)C1. The summed E-state index contributed by atoms with van der Waals surface area (Å²) in [5, 5.41) is 10.5. The number of hydrazine groups is 1. The topological polar surface area (TPSA) is 52.7 Å². The highest BCUT2D eigenvalue weighted by atomic mass is 16.3. The molecule has 0 aromatic heterocycles. The summed E-state index contributed by atoms with van der Waals surface area (Å²) in [5.74, 6) is 5.60. The van der Waals surface area contributed by atoms with Crippen LogP contribution >= 0.6 is 0 Å². The molecule has 1 saturated heterocycles. The minimum atomic E-state index is 0.124. The van der Waals surface area contributed by atoms with Gasteiger partial charge in [-0.15, -0.1) is 0 Å². The minimum Gasteiger partial charge on any atom is -0.395 e. The van der Waals surface area contributed by atoms with E-state index in [0.29, 0.717) is 0 Å². The predicted octanol–water partition coefficient (Wildman–Crippen LogP) is -1.53. The summed E-state index contributed by atoms with van der Waals surface area (Å²) in [5.41, 5.74) is 0. The van der Waals surface area contributed by atoms with Crippen molar-refractivity contribution in [1.82, 2.24) is 9.91 Å². The molecule has 1 aliphatic rings. The summed E-state index contributed by atoms with van der Waals surface area (Å²) >= 11 is 0. The van der Waals surface area contributed by atoms with Gasteiger partial charge in [-0.25, -0.2) is 5.01 Å². The second kappa shape index (κ2) is 3.30. The zero-order chi connectivity index (χ0) is 7.56. The molecular formula is C6H15N3O. The van der Waals surface area contributed by atoms with E-state index in [1.54, 1.807) is 5.01 Å². The number of aliphatic hydroxyl groups is 1. The number of hydrogen-bond acceptors (Lipinski definition) is 4. The molecule has 1 heterocycles. The van der Waals surface area contributed by atoms with Gasteiger partial charge in [0.05, 0.1) is 12.6 Å². The predicted molar refractivity (Wildman–Crippen MR) is 39.3 cm³/mol. The van der Waals surface area contributed by atoms with Gasteiger partial charge in [0, 0.05) is 19.6 Å². The summed E-state index contributed by atoms with van der Waals surface area (Å²) in [4.78, 5) is 2.17. The Balaban J connectivity index is 2.38. The first kappa shape index (κ1) is 7.94. The Morgan fingerprint density at radius 2 is 2.30 bits per heavy atom. The molecule has 0 spiro atoms. The number of aliphatic hydroxyl groups excluding tert-OH is 1.